The summed E-state index contributed by atoms with van der Waals surface area (Å²) in [5.74, 6) is 0.997. The van der Waals surface area contributed by atoms with Crippen LogP contribution in [0.15, 0.2) is 48.5 Å². The number of ether oxygens (including phenoxy) is 2. The first-order valence-corrected chi connectivity index (χ1v) is 11.8. The van der Waals surface area contributed by atoms with Crippen LogP contribution in [0.1, 0.15) is 36.5 Å². The molecular formula is C23H30N2O5S. The highest BCUT2D eigenvalue weighted by atomic mass is 32.2. The van der Waals surface area contributed by atoms with Crippen molar-refractivity contribution < 1.29 is 22.7 Å². The summed E-state index contributed by atoms with van der Waals surface area (Å²) in [6.45, 7) is 3.08. The summed E-state index contributed by atoms with van der Waals surface area (Å²) in [4.78, 5) is 12.1. The summed E-state index contributed by atoms with van der Waals surface area (Å²) in [5.41, 5.74) is 2.38. The van der Waals surface area contributed by atoms with Crippen LogP contribution in [0.2, 0.25) is 0 Å². The van der Waals surface area contributed by atoms with Gasteiger partial charge in [0.2, 0.25) is 15.9 Å². The lowest BCUT2D eigenvalue weighted by Gasteiger charge is -2.11. The molecule has 0 aliphatic heterocycles. The lowest BCUT2D eigenvalue weighted by molar-refractivity contribution is -0.116. The van der Waals surface area contributed by atoms with E-state index in [1.165, 1.54) is 13.1 Å². The molecule has 0 aromatic heterocycles. The standard InChI is InChI=1S/C23H30N2O5S/c1-4-5-14-30-21-12-10-18(15-22(21)29-3)11-13-23(26)25-16-19-6-8-20(9-7-19)17-31(27,28)24-2/h6-13,15,24H,4-5,14,16-17H2,1-3H3,(H,25,26)/b13-11+. The first kappa shape index (κ1) is 24.4. The lowest BCUT2D eigenvalue weighted by atomic mass is 10.1. The number of nitrogens with one attached hydrogen (secondary N) is 2. The molecule has 2 N–H and O–H groups in total. The molecule has 0 saturated heterocycles. The smallest absolute Gasteiger partial charge is 0.244 e. The molecule has 0 heterocycles. The van der Waals surface area contributed by atoms with E-state index in [4.69, 9.17) is 9.47 Å². The van der Waals surface area contributed by atoms with Gasteiger partial charge in [-0.15, -0.1) is 0 Å². The van der Waals surface area contributed by atoms with E-state index < -0.39 is 10.0 Å². The van der Waals surface area contributed by atoms with Gasteiger partial charge in [0, 0.05) is 12.6 Å². The predicted octanol–water partition coefficient (Wildman–Crippen LogP) is 3.25. The Morgan fingerprint density at radius 2 is 1.77 bits per heavy atom. The van der Waals surface area contributed by atoms with Crippen molar-refractivity contribution >= 4 is 22.0 Å². The Bertz CT molecular complexity index is 986. The number of hydrogen-bond donors (Lipinski definition) is 2. The molecular weight excluding hydrogens is 416 g/mol. The molecule has 0 aliphatic rings. The average molecular weight is 447 g/mol. The maximum absolute atomic E-state index is 12.1. The lowest BCUT2D eigenvalue weighted by Crippen LogP contribution is -2.21. The first-order valence-electron chi connectivity index (χ1n) is 10.1. The zero-order valence-corrected chi connectivity index (χ0v) is 19.0. The van der Waals surface area contributed by atoms with Crippen molar-refractivity contribution in [2.24, 2.45) is 0 Å². The summed E-state index contributed by atoms with van der Waals surface area (Å²) < 4.78 is 36.5. The third-order valence-corrected chi connectivity index (χ3v) is 5.86. The van der Waals surface area contributed by atoms with Gasteiger partial charge in [0.15, 0.2) is 11.5 Å². The predicted molar refractivity (Wildman–Crippen MR) is 122 cm³/mol. The topological polar surface area (TPSA) is 93.7 Å². The molecule has 0 spiro atoms. The Morgan fingerprint density at radius 1 is 1.06 bits per heavy atom. The average Bonchev–Trinajstić information content (AvgIpc) is 2.77. The normalized spacial score (nSPS) is 11.5. The quantitative estimate of drug-likeness (QED) is 0.386. The molecule has 0 radical (unpaired) electrons. The Labute approximate surface area is 184 Å². The van der Waals surface area contributed by atoms with Gasteiger partial charge in [-0.05, 0) is 48.4 Å². The van der Waals surface area contributed by atoms with Gasteiger partial charge < -0.3 is 14.8 Å². The van der Waals surface area contributed by atoms with Crippen molar-refractivity contribution in [3.63, 3.8) is 0 Å². The van der Waals surface area contributed by atoms with E-state index in [0.29, 0.717) is 30.2 Å². The van der Waals surface area contributed by atoms with E-state index in [1.54, 1.807) is 37.5 Å². The molecule has 0 atom stereocenters. The van der Waals surface area contributed by atoms with Crippen LogP contribution in [0.5, 0.6) is 11.5 Å². The monoisotopic (exact) mass is 446 g/mol. The summed E-state index contributed by atoms with van der Waals surface area (Å²) in [5, 5.41) is 2.81. The fraction of sp³-hybridized carbons (Fsp3) is 0.348. The van der Waals surface area contributed by atoms with Crippen LogP contribution < -0.4 is 19.5 Å². The van der Waals surface area contributed by atoms with Crippen molar-refractivity contribution in [1.29, 1.82) is 0 Å². The number of rotatable bonds is 12. The van der Waals surface area contributed by atoms with Gasteiger partial charge >= 0.3 is 0 Å². The van der Waals surface area contributed by atoms with Crippen molar-refractivity contribution in [3.05, 3.63) is 65.2 Å². The van der Waals surface area contributed by atoms with Crippen molar-refractivity contribution in [1.82, 2.24) is 10.0 Å². The summed E-state index contributed by atoms with van der Waals surface area (Å²) in [6, 6.07) is 12.6. The molecule has 0 aliphatic carbocycles. The van der Waals surface area contributed by atoms with E-state index in [0.717, 1.165) is 24.0 Å². The molecule has 2 aromatic rings. The van der Waals surface area contributed by atoms with Crippen LogP contribution in [-0.4, -0.2) is 35.1 Å². The zero-order valence-electron chi connectivity index (χ0n) is 18.2. The summed E-state index contributed by atoms with van der Waals surface area (Å²) in [6.07, 6.45) is 5.20. The molecule has 0 unspecified atom stereocenters. The van der Waals surface area contributed by atoms with E-state index in [1.807, 2.05) is 18.2 Å². The maximum atomic E-state index is 12.1. The highest BCUT2D eigenvalue weighted by molar-refractivity contribution is 7.88. The largest absolute Gasteiger partial charge is 0.493 e. The highest BCUT2D eigenvalue weighted by Gasteiger charge is 2.08. The number of amides is 1. The van der Waals surface area contributed by atoms with E-state index in [9.17, 15) is 13.2 Å². The molecule has 0 fully saturated rings. The Hall–Kier alpha value is -2.84. The van der Waals surface area contributed by atoms with Gasteiger partial charge in [0.25, 0.3) is 0 Å². The third-order valence-electron chi connectivity index (χ3n) is 4.53. The van der Waals surface area contributed by atoms with Crippen LogP contribution in [-0.2, 0) is 27.1 Å². The second-order valence-corrected chi connectivity index (χ2v) is 8.87. The van der Waals surface area contributed by atoms with Crippen LogP contribution in [0.3, 0.4) is 0 Å². The molecule has 168 valence electrons. The van der Waals surface area contributed by atoms with Gasteiger partial charge in [0.1, 0.15) is 0 Å². The summed E-state index contributed by atoms with van der Waals surface area (Å²) in [7, 11) is -0.332. The molecule has 31 heavy (non-hydrogen) atoms. The van der Waals surface area contributed by atoms with Crippen LogP contribution >= 0.6 is 0 Å². The van der Waals surface area contributed by atoms with Crippen LogP contribution in [0, 0.1) is 0 Å². The van der Waals surface area contributed by atoms with Gasteiger partial charge in [-0.1, -0.05) is 43.7 Å². The SMILES string of the molecule is CCCCOc1ccc(/C=C/C(=O)NCc2ccc(CS(=O)(=O)NC)cc2)cc1OC. The Balaban J connectivity index is 1.89. The number of carbonyl (C=O) groups excluding carboxylic acids is 1. The molecule has 1 amide bonds. The number of hydrogen-bond acceptors (Lipinski definition) is 5. The van der Waals surface area contributed by atoms with Crippen molar-refractivity contribution in [3.8, 4) is 11.5 Å². The number of sulfonamides is 1. The van der Waals surface area contributed by atoms with Crippen LogP contribution in [0.25, 0.3) is 6.08 Å². The molecule has 7 nitrogen and oxygen atoms in total. The Morgan fingerprint density at radius 3 is 2.42 bits per heavy atom. The second-order valence-electron chi connectivity index (χ2n) is 6.94. The molecule has 0 saturated carbocycles. The minimum Gasteiger partial charge on any atom is -0.493 e. The molecule has 8 heteroatoms. The van der Waals surface area contributed by atoms with E-state index in [2.05, 4.69) is 17.0 Å². The van der Waals surface area contributed by atoms with Gasteiger partial charge in [-0.2, -0.15) is 0 Å². The minimum absolute atomic E-state index is 0.0786. The van der Waals surface area contributed by atoms with Crippen LogP contribution in [0.4, 0.5) is 0 Å². The van der Waals surface area contributed by atoms with Gasteiger partial charge in [0.05, 0.1) is 19.5 Å². The third kappa shape index (κ3) is 8.43. The van der Waals surface area contributed by atoms with Crippen molar-refractivity contribution in [2.45, 2.75) is 32.1 Å². The highest BCUT2D eigenvalue weighted by Crippen LogP contribution is 2.28. The number of unbranched alkanes of at least 4 members (excludes halogenated alkanes) is 1. The first-order chi connectivity index (χ1) is 14.9. The molecule has 2 aromatic carbocycles. The van der Waals surface area contributed by atoms with E-state index >= 15 is 0 Å². The molecule has 0 bridgehead atoms. The van der Waals surface area contributed by atoms with Crippen molar-refractivity contribution in [2.75, 3.05) is 20.8 Å². The number of benzene rings is 2. The fourth-order valence-corrected chi connectivity index (χ4v) is 3.47. The second kappa shape index (κ2) is 12.1. The number of carbonyl (C=O) groups is 1. The van der Waals surface area contributed by atoms with E-state index in [-0.39, 0.29) is 11.7 Å². The zero-order chi connectivity index (χ0) is 22.7. The van der Waals surface area contributed by atoms with Gasteiger partial charge in [-0.25, -0.2) is 13.1 Å². The number of methoxy groups -OCH3 is 1. The molecule has 2 rings (SSSR count). The van der Waals surface area contributed by atoms with Gasteiger partial charge in [-0.3, -0.25) is 4.79 Å². The summed E-state index contributed by atoms with van der Waals surface area (Å²) >= 11 is 0. The minimum atomic E-state index is -3.30. The Kier molecular flexibility index (Phi) is 9.55. The fourth-order valence-electron chi connectivity index (χ4n) is 2.70. The maximum Gasteiger partial charge on any atom is 0.244 e.